The van der Waals surface area contributed by atoms with Gasteiger partial charge in [0.25, 0.3) is 0 Å². The van der Waals surface area contributed by atoms with Crippen molar-refractivity contribution in [3.05, 3.63) is 12.2 Å². The molecule has 1 heterocycles. The van der Waals surface area contributed by atoms with Gasteiger partial charge in [-0.3, -0.25) is 0 Å². The summed E-state index contributed by atoms with van der Waals surface area (Å²) in [6, 6.07) is 0. The summed E-state index contributed by atoms with van der Waals surface area (Å²) in [6.45, 7) is 4.30. The minimum Gasteiger partial charge on any atom is -0.330 e. The van der Waals surface area contributed by atoms with Crippen LogP contribution in [0.25, 0.3) is 0 Å². The Morgan fingerprint density at radius 1 is 1.46 bits per heavy atom. The van der Waals surface area contributed by atoms with Crippen LogP contribution < -0.4 is 5.73 Å². The van der Waals surface area contributed by atoms with Crippen molar-refractivity contribution in [2.75, 3.05) is 12.3 Å². The molecule has 1 rings (SSSR count). The summed E-state index contributed by atoms with van der Waals surface area (Å²) in [5, 5.41) is -0.315. The van der Waals surface area contributed by atoms with E-state index < -0.39 is 9.84 Å². The Hall–Kier alpha value is -0.350. The highest BCUT2D eigenvalue weighted by Gasteiger charge is 2.30. The van der Waals surface area contributed by atoms with E-state index in [0.717, 1.165) is 24.8 Å². The lowest BCUT2D eigenvalue weighted by atomic mass is 10.1. The Morgan fingerprint density at radius 2 is 2.15 bits per heavy atom. The monoisotopic (exact) mass is 203 g/mol. The highest BCUT2D eigenvalue weighted by molar-refractivity contribution is 7.92. The summed E-state index contributed by atoms with van der Waals surface area (Å²) < 4.78 is 23.2. The molecule has 2 N–H and O–H groups in total. The molecule has 0 bridgehead atoms. The van der Waals surface area contributed by atoms with Crippen molar-refractivity contribution in [2.45, 2.75) is 30.9 Å². The molecule has 0 amide bonds. The van der Waals surface area contributed by atoms with Crippen LogP contribution in [0.1, 0.15) is 25.7 Å². The average Bonchev–Trinajstić information content (AvgIpc) is 2.03. The third-order valence-corrected chi connectivity index (χ3v) is 4.79. The lowest BCUT2D eigenvalue weighted by Crippen LogP contribution is -2.30. The summed E-state index contributed by atoms with van der Waals surface area (Å²) in [5.41, 5.74) is 6.16. The van der Waals surface area contributed by atoms with Gasteiger partial charge >= 0.3 is 0 Å². The minimum absolute atomic E-state index is 0.315. The molecule has 0 saturated carbocycles. The van der Waals surface area contributed by atoms with Crippen LogP contribution in [0.3, 0.4) is 0 Å². The van der Waals surface area contributed by atoms with Gasteiger partial charge < -0.3 is 5.73 Å². The molecule has 13 heavy (non-hydrogen) atoms. The van der Waals surface area contributed by atoms with Gasteiger partial charge in [0.1, 0.15) is 0 Å². The van der Waals surface area contributed by atoms with Gasteiger partial charge in [-0.05, 0) is 25.8 Å². The molecule has 0 aromatic rings. The van der Waals surface area contributed by atoms with E-state index in [9.17, 15) is 8.42 Å². The zero-order valence-corrected chi connectivity index (χ0v) is 8.65. The van der Waals surface area contributed by atoms with Crippen LogP contribution in [0.2, 0.25) is 0 Å². The number of rotatable bonds is 3. The second kappa shape index (κ2) is 4.24. The summed E-state index contributed by atoms with van der Waals surface area (Å²) in [6.07, 6.45) is 3.16. The van der Waals surface area contributed by atoms with E-state index in [1.54, 1.807) is 0 Å². The Morgan fingerprint density at radius 3 is 2.69 bits per heavy atom. The number of nitrogens with two attached hydrogens (primary N) is 1. The summed E-state index contributed by atoms with van der Waals surface area (Å²) in [4.78, 5) is 0. The topological polar surface area (TPSA) is 60.2 Å². The molecule has 76 valence electrons. The van der Waals surface area contributed by atoms with Gasteiger partial charge in [-0.25, -0.2) is 8.42 Å². The van der Waals surface area contributed by atoms with Crippen LogP contribution in [-0.2, 0) is 9.84 Å². The van der Waals surface area contributed by atoms with E-state index in [2.05, 4.69) is 6.58 Å². The Kier molecular flexibility index (Phi) is 3.50. The van der Waals surface area contributed by atoms with E-state index in [1.165, 1.54) is 0 Å². The largest absolute Gasteiger partial charge is 0.330 e. The maximum Gasteiger partial charge on any atom is 0.156 e. The highest BCUT2D eigenvalue weighted by atomic mass is 32.2. The summed E-state index contributed by atoms with van der Waals surface area (Å²) in [5.74, 6) is 0.321. The first-order valence-electron chi connectivity index (χ1n) is 4.67. The van der Waals surface area contributed by atoms with Gasteiger partial charge in [-0.15, -0.1) is 0 Å². The van der Waals surface area contributed by atoms with Crippen molar-refractivity contribution in [2.24, 2.45) is 5.73 Å². The standard InChI is InChI=1S/C9H17NO2S/c1-8(5-6-10)9-4-2-3-7-13(9,11)12/h9H,1-7,10H2. The second-order valence-electron chi connectivity index (χ2n) is 3.55. The van der Waals surface area contributed by atoms with Crippen molar-refractivity contribution in [3.63, 3.8) is 0 Å². The Labute approximate surface area is 79.9 Å². The van der Waals surface area contributed by atoms with Crippen molar-refractivity contribution in [1.29, 1.82) is 0 Å². The minimum atomic E-state index is -2.90. The van der Waals surface area contributed by atoms with E-state index in [1.807, 2.05) is 0 Å². The van der Waals surface area contributed by atoms with E-state index in [0.29, 0.717) is 18.7 Å². The molecule has 1 saturated heterocycles. The number of sulfone groups is 1. The van der Waals surface area contributed by atoms with E-state index in [4.69, 9.17) is 5.73 Å². The maximum atomic E-state index is 11.6. The molecule has 1 aliphatic rings. The zero-order valence-electron chi connectivity index (χ0n) is 7.83. The molecule has 4 heteroatoms. The van der Waals surface area contributed by atoms with Crippen LogP contribution in [0.4, 0.5) is 0 Å². The molecule has 1 unspecified atom stereocenters. The van der Waals surface area contributed by atoms with E-state index in [-0.39, 0.29) is 5.25 Å². The van der Waals surface area contributed by atoms with Gasteiger partial charge in [0.05, 0.1) is 11.0 Å². The fourth-order valence-corrected chi connectivity index (χ4v) is 3.80. The molecule has 1 aliphatic heterocycles. The first-order valence-corrected chi connectivity index (χ1v) is 6.39. The van der Waals surface area contributed by atoms with Gasteiger partial charge in [0, 0.05) is 0 Å². The average molecular weight is 203 g/mol. The fourth-order valence-electron chi connectivity index (χ4n) is 1.76. The molecular formula is C9H17NO2S. The predicted molar refractivity (Wildman–Crippen MR) is 54.2 cm³/mol. The maximum absolute atomic E-state index is 11.6. The first kappa shape index (κ1) is 10.7. The first-order chi connectivity index (χ1) is 6.08. The Balaban J connectivity index is 2.71. The predicted octanol–water partition coefficient (Wildman–Crippen LogP) is 0.859. The second-order valence-corrected chi connectivity index (χ2v) is 5.85. The lowest BCUT2D eigenvalue weighted by Gasteiger charge is -2.23. The van der Waals surface area contributed by atoms with Crippen LogP contribution in [0.5, 0.6) is 0 Å². The third-order valence-electron chi connectivity index (χ3n) is 2.50. The Bertz CT molecular complexity index is 282. The van der Waals surface area contributed by atoms with Crippen molar-refractivity contribution in [3.8, 4) is 0 Å². The van der Waals surface area contributed by atoms with Gasteiger partial charge in [-0.2, -0.15) is 0 Å². The van der Waals surface area contributed by atoms with Crippen LogP contribution in [0.15, 0.2) is 12.2 Å². The number of hydrogen-bond acceptors (Lipinski definition) is 3. The van der Waals surface area contributed by atoms with Gasteiger partial charge in [0.15, 0.2) is 9.84 Å². The zero-order chi connectivity index (χ0) is 9.90. The molecule has 0 aromatic heterocycles. The summed E-state index contributed by atoms with van der Waals surface area (Å²) >= 11 is 0. The van der Waals surface area contributed by atoms with Crippen molar-refractivity contribution in [1.82, 2.24) is 0 Å². The van der Waals surface area contributed by atoms with Crippen molar-refractivity contribution < 1.29 is 8.42 Å². The summed E-state index contributed by atoms with van der Waals surface area (Å²) in [7, 11) is -2.90. The smallest absolute Gasteiger partial charge is 0.156 e. The molecular weight excluding hydrogens is 186 g/mol. The molecule has 0 spiro atoms. The third kappa shape index (κ3) is 2.54. The fraction of sp³-hybridized carbons (Fsp3) is 0.778. The quantitative estimate of drug-likeness (QED) is 0.692. The normalized spacial score (nSPS) is 27.0. The van der Waals surface area contributed by atoms with Gasteiger partial charge in [0.2, 0.25) is 0 Å². The van der Waals surface area contributed by atoms with Crippen molar-refractivity contribution >= 4 is 9.84 Å². The van der Waals surface area contributed by atoms with E-state index >= 15 is 0 Å². The van der Waals surface area contributed by atoms with Crippen LogP contribution in [0, 0.1) is 0 Å². The molecule has 0 radical (unpaired) electrons. The lowest BCUT2D eigenvalue weighted by molar-refractivity contribution is 0.551. The van der Waals surface area contributed by atoms with Crippen LogP contribution >= 0.6 is 0 Å². The molecule has 0 aromatic carbocycles. The number of hydrogen-bond donors (Lipinski definition) is 1. The molecule has 1 atom stereocenters. The van der Waals surface area contributed by atoms with Crippen LogP contribution in [-0.4, -0.2) is 26.0 Å². The SMILES string of the molecule is C=C(CCN)C1CCCCS1(=O)=O. The molecule has 3 nitrogen and oxygen atoms in total. The van der Waals surface area contributed by atoms with Gasteiger partial charge in [-0.1, -0.05) is 18.6 Å². The molecule has 1 fully saturated rings. The highest BCUT2D eigenvalue weighted by Crippen LogP contribution is 2.25. The molecule has 0 aliphatic carbocycles.